The lowest BCUT2D eigenvalue weighted by Crippen LogP contribution is -2.30. The van der Waals surface area contributed by atoms with Crippen molar-refractivity contribution in [2.24, 2.45) is 11.8 Å². The molecule has 0 heterocycles. The molecule has 0 aliphatic rings. The Kier molecular flexibility index (Phi) is 68.5. The zero-order valence-electron chi connectivity index (χ0n) is 63.6. The third kappa shape index (κ3) is 70.6. The first-order chi connectivity index (χ1) is 47.4. The molecule has 0 saturated heterocycles. The lowest BCUT2D eigenvalue weighted by atomic mass is 9.99. The van der Waals surface area contributed by atoms with Gasteiger partial charge in [-0.3, -0.25) is 37.3 Å². The van der Waals surface area contributed by atoms with Crippen LogP contribution in [-0.4, -0.2) is 96.7 Å². The fraction of sp³-hybridized carbons (Fsp3) is 0.899. The molecule has 0 aliphatic heterocycles. The largest absolute Gasteiger partial charge is 0.472 e. The third-order valence-corrected chi connectivity index (χ3v) is 20.1. The summed E-state index contributed by atoms with van der Waals surface area (Å²) >= 11 is 0. The van der Waals surface area contributed by atoms with Crippen molar-refractivity contribution >= 4 is 39.5 Å². The molecule has 3 N–H and O–H groups in total. The van der Waals surface area contributed by atoms with E-state index in [0.717, 1.165) is 121 Å². The number of unbranched alkanes of at least 4 members (excludes halogenated alkanes) is 42. The monoisotopic (exact) mass is 1430 g/mol. The van der Waals surface area contributed by atoms with E-state index in [2.05, 4.69) is 65.8 Å². The number of allylic oxidation sites excluding steroid dienone is 4. The summed E-state index contributed by atoms with van der Waals surface area (Å²) in [7, 11) is -9.93. The molecule has 0 rings (SSSR count). The maximum atomic E-state index is 13.1. The quantitative estimate of drug-likeness (QED) is 0.0169. The zero-order valence-corrected chi connectivity index (χ0v) is 65.4. The van der Waals surface area contributed by atoms with E-state index < -0.39 is 97.5 Å². The summed E-state index contributed by atoms with van der Waals surface area (Å²) in [6.07, 6.45) is 61.8. The first-order valence-electron chi connectivity index (χ1n) is 40.3. The lowest BCUT2D eigenvalue weighted by Gasteiger charge is -2.21. The number of carbonyl (C=O) groups excluding carboxylic acids is 4. The van der Waals surface area contributed by atoms with Gasteiger partial charge in [-0.05, 0) is 63.2 Å². The Hall–Kier alpha value is -2.46. The average Bonchev–Trinajstić information content (AvgIpc) is 1.07. The second-order valence-electron chi connectivity index (χ2n) is 28.5. The van der Waals surface area contributed by atoms with Gasteiger partial charge in [0, 0.05) is 25.7 Å². The van der Waals surface area contributed by atoms with Gasteiger partial charge in [-0.25, -0.2) is 9.13 Å². The maximum Gasteiger partial charge on any atom is 0.472 e. The highest BCUT2D eigenvalue weighted by atomic mass is 31.2. The van der Waals surface area contributed by atoms with E-state index in [1.165, 1.54) is 186 Å². The molecule has 0 amide bonds. The number of aliphatic hydroxyl groups excluding tert-OH is 1. The summed E-state index contributed by atoms with van der Waals surface area (Å²) in [6.45, 7) is 9.60. The van der Waals surface area contributed by atoms with Gasteiger partial charge in [-0.15, -0.1) is 0 Å². The number of carbonyl (C=O) groups is 4. The van der Waals surface area contributed by atoms with Crippen LogP contribution >= 0.6 is 15.6 Å². The van der Waals surface area contributed by atoms with Gasteiger partial charge in [-0.2, -0.15) is 0 Å². The van der Waals surface area contributed by atoms with E-state index in [1.807, 2.05) is 0 Å². The van der Waals surface area contributed by atoms with Gasteiger partial charge in [-0.1, -0.05) is 336 Å². The van der Waals surface area contributed by atoms with E-state index in [-0.39, 0.29) is 25.7 Å². The van der Waals surface area contributed by atoms with Crippen molar-refractivity contribution in [1.29, 1.82) is 0 Å². The molecule has 0 aromatic carbocycles. The average molecular weight is 1430 g/mol. The van der Waals surface area contributed by atoms with Crippen molar-refractivity contribution in [2.75, 3.05) is 39.6 Å². The summed E-state index contributed by atoms with van der Waals surface area (Å²) in [5, 5.41) is 10.6. The summed E-state index contributed by atoms with van der Waals surface area (Å²) in [4.78, 5) is 72.8. The lowest BCUT2D eigenvalue weighted by molar-refractivity contribution is -0.161. The van der Waals surface area contributed by atoms with Crippen LogP contribution in [0.25, 0.3) is 0 Å². The zero-order chi connectivity index (χ0) is 72.1. The molecular formula is C79H150O17P2. The number of hydrogen-bond acceptors (Lipinski definition) is 15. The van der Waals surface area contributed by atoms with Crippen LogP contribution < -0.4 is 0 Å². The van der Waals surface area contributed by atoms with Gasteiger partial charge in [0.15, 0.2) is 12.2 Å². The molecule has 0 bridgehead atoms. The van der Waals surface area contributed by atoms with Crippen molar-refractivity contribution < 1.29 is 80.2 Å². The Balaban J connectivity index is 5.25. The van der Waals surface area contributed by atoms with E-state index >= 15 is 0 Å². The molecule has 0 aromatic rings. The van der Waals surface area contributed by atoms with Crippen LogP contribution in [0.3, 0.4) is 0 Å². The molecule has 0 fully saturated rings. The first kappa shape index (κ1) is 95.5. The molecule has 0 radical (unpaired) electrons. The van der Waals surface area contributed by atoms with E-state index in [0.29, 0.717) is 25.7 Å². The SMILES string of the molecule is CCCCCC/C=C\C=C/CCCCCCCC(=O)O[C@H](COC(=O)CCCCCCCCCC)COP(=O)(O)OC[C@H](O)COP(=O)(O)OC[C@@H](COC(=O)CCCCCCCCCCCCCCCCC(C)C)OC(=O)CCCCCCCCCCCCCCCCC(C)CC. The Labute approximate surface area is 599 Å². The highest BCUT2D eigenvalue weighted by Gasteiger charge is 2.30. The fourth-order valence-corrected chi connectivity index (χ4v) is 13.2. The van der Waals surface area contributed by atoms with Crippen LogP contribution in [0.2, 0.25) is 0 Å². The second kappa shape index (κ2) is 70.2. The topological polar surface area (TPSA) is 237 Å². The van der Waals surface area contributed by atoms with Crippen LogP contribution in [0.15, 0.2) is 24.3 Å². The minimum absolute atomic E-state index is 0.0849. The van der Waals surface area contributed by atoms with Gasteiger partial charge in [0.25, 0.3) is 0 Å². The smallest absolute Gasteiger partial charge is 0.462 e. The number of esters is 4. The minimum atomic E-state index is -4.96. The molecule has 19 heteroatoms. The van der Waals surface area contributed by atoms with Gasteiger partial charge in [0.05, 0.1) is 26.4 Å². The highest BCUT2D eigenvalue weighted by molar-refractivity contribution is 7.47. The normalized spacial score (nSPS) is 14.4. The van der Waals surface area contributed by atoms with Crippen LogP contribution in [0.5, 0.6) is 0 Å². The van der Waals surface area contributed by atoms with Crippen molar-refractivity contribution in [3.05, 3.63) is 24.3 Å². The van der Waals surface area contributed by atoms with Gasteiger partial charge in [0.1, 0.15) is 19.3 Å². The van der Waals surface area contributed by atoms with Gasteiger partial charge in [0.2, 0.25) is 0 Å². The molecule has 0 spiro atoms. The third-order valence-electron chi connectivity index (χ3n) is 18.2. The summed E-state index contributed by atoms with van der Waals surface area (Å²) < 4.78 is 68.5. The predicted octanol–water partition coefficient (Wildman–Crippen LogP) is 23.1. The molecular weight excluding hydrogens is 1280 g/mol. The number of phosphoric acid groups is 2. The van der Waals surface area contributed by atoms with E-state index in [1.54, 1.807) is 0 Å². The van der Waals surface area contributed by atoms with Gasteiger partial charge < -0.3 is 33.8 Å². The highest BCUT2D eigenvalue weighted by Crippen LogP contribution is 2.45. The Morgan fingerprint density at radius 2 is 0.602 bits per heavy atom. The standard InChI is InChI=1S/C79H150O17P2/c1-7-10-12-14-16-18-19-20-21-29-34-39-45-51-57-63-78(83)95-74(67-89-76(81)61-55-49-43-17-15-13-11-8-2)69-93-97(85,86)91-65-73(80)66-92-98(87,88)94-70-75(68-90-77(82)62-56-50-44-38-33-28-24-22-26-31-36-41-47-53-59-71(4)5)96-79(84)64-58-52-46-40-35-30-25-23-27-32-37-42-48-54-60-72(6)9-3/h18-21,71-75,80H,7-17,22-70H2,1-6H3,(H,85,86)(H,87,88)/b19-18-,21-20-/t72?,73-,74+,75+/m0/s1. The van der Waals surface area contributed by atoms with E-state index in [4.69, 9.17) is 37.0 Å². The predicted molar refractivity (Wildman–Crippen MR) is 400 cm³/mol. The number of aliphatic hydroxyl groups is 1. The molecule has 578 valence electrons. The minimum Gasteiger partial charge on any atom is -0.462 e. The molecule has 6 atom stereocenters. The number of ether oxygens (including phenoxy) is 4. The Morgan fingerprint density at radius 3 is 0.918 bits per heavy atom. The van der Waals surface area contributed by atoms with Crippen molar-refractivity contribution in [3.8, 4) is 0 Å². The Bertz CT molecular complexity index is 1990. The number of rotatable bonds is 76. The fourth-order valence-electron chi connectivity index (χ4n) is 11.6. The first-order valence-corrected chi connectivity index (χ1v) is 43.3. The van der Waals surface area contributed by atoms with Crippen LogP contribution in [0.1, 0.15) is 388 Å². The number of phosphoric ester groups is 2. The van der Waals surface area contributed by atoms with Crippen LogP contribution in [-0.2, 0) is 65.4 Å². The van der Waals surface area contributed by atoms with Crippen LogP contribution in [0, 0.1) is 11.8 Å². The van der Waals surface area contributed by atoms with E-state index in [9.17, 15) is 43.2 Å². The van der Waals surface area contributed by atoms with Gasteiger partial charge >= 0.3 is 39.5 Å². The Morgan fingerprint density at radius 1 is 0.337 bits per heavy atom. The van der Waals surface area contributed by atoms with Crippen LogP contribution in [0.4, 0.5) is 0 Å². The van der Waals surface area contributed by atoms with Crippen molar-refractivity contribution in [3.63, 3.8) is 0 Å². The summed E-state index contributed by atoms with van der Waals surface area (Å²) in [6, 6.07) is 0. The molecule has 0 aliphatic carbocycles. The second-order valence-corrected chi connectivity index (χ2v) is 31.4. The molecule has 98 heavy (non-hydrogen) atoms. The molecule has 0 aromatic heterocycles. The van der Waals surface area contributed by atoms with Crippen molar-refractivity contribution in [1.82, 2.24) is 0 Å². The molecule has 3 unspecified atom stereocenters. The number of hydrogen-bond donors (Lipinski definition) is 3. The summed E-state index contributed by atoms with van der Waals surface area (Å²) in [5.74, 6) is -0.502. The molecule has 0 saturated carbocycles. The van der Waals surface area contributed by atoms with Crippen molar-refractivity contribution in [2.45, 2.75) is 407 Å². The summed E-state index contributed by atoms with van der Waals surface area (Å²) in [5.41, 5.74) is 0. The maximum absolute atomic E-state index is 13.1. The molecule has 17 nitrogen and oxygen atoms in total.